The van der Waals surface area contributed by atoms with Gasteiger partial charge >= 0.3 is 0 Å². The second-order valence-electron chi connectivity index (χ2n) is 5.15. The highest BCUT2D eigenvalue weighted by molar-refractivity contribution is 14.0. The number of nitrogens with zero attached hydrogens (tertiary/aromatic N) is 1. The summed E-state index contributed by atoms with van der Waals surface area (Å²) in [7, 11) is 0. The molecule has 0 aliphatic rings. The molecule has 0 fully saturated rings. The molecule has 0 saturated carbocycles. The van der Waals surface area contributed by atoms with Gasteiger partial charge in [0.1, 0.15) is 0 Å². The van der Waals surface area contributed by atoms with Gasteiger partial charge in [-0.3, -0.25) is 0 Å². The van der Waals surface area contributed by atoms with Crippen molar-refractivity contribution in [2.75, 3.05) is 0 Å². The molecule has 0 aliphatic carbocycles. The van der Waals surface area contributed by atoms with E-state index in [0.29, 0.717) is 12.5 Å². The van der Waals surface area contributed by atoms with E-state index in [2.05, 4.69) is 66.1 Å². The lowest BCUT2D eigenvalue weighted by Gasteiger charge is -2.21. The fourth-order valence-corrected chi connectivity index (χ4v) is 1.91. The van der Waals surface area contributed by atoms with E-state index in [1.54, 1.807) is 0 Å². The van der Waals surface area contributed by atoms with Crippen molar-refractivity contribution >= 4 is 45.9 Å². The Kier molecular flexibility index (Phi) is 7.21. The fourth-order valence-electron chi connectivity index (χ4n) is 1.43. The molecule has 0 aliphatic heterocycles. The SMILES string of the molecule is Cc1cc(Br)ccc1CN=C(N)NC(C)(C)C.I. The molecule has 1 rings (SSSR count). The summed E-state index contributed by atoms with van der Waals surface area (Å²) in [6.07, 6.45) is 0. The van der Waals surface area contributed by atoms with Gasteiger partial charge in [-0.05, 0) is 51.0 Å². The Morgan fingerprint density at radius 3 is 2.50 bits per heavy atom. The molecule has 0 saturated heterocycles. The highest BCUT2D eigenvalue weighted by Gasteiger charge is 2.09. The van der Waals surface area contributed by atoms with Crippen molar-refractivity contribution < 1.29 is 0 Å². The number of guanidine groups is 1. The monoisotopic (exact) mass is 425 g/mol. The van der Waals surface area contributed by atoms with Gasteiger partial charge in [0.15, 0.2) is 5.96 Å². The largest absolute Gasteiger partial charge is 0.370 e. The molecule has 0 spiro atoms. The Morgan fingerprint density at radius 1 is 1.39 bits per heavy atom. The van der Waals surface area contributed by atoms with Gasteiger partial charge in [-0.1, -0.05) is 22.0 Å². The average molecular weight is 426 g/mol. The first kappa shape index (κ1) is 17.7. The van der Waals surface area contributed by atoms with E-state index in [9.17, 15) is 0 Å². The molecule has 3 nitrogen and oxygen atoms in total. The molecular formula is C13H21BrIN3. The third kappa shape index (κ3) is 6.58. The van der Waals surface area contributed by atoms with Crippen molar-refractivity contribution in [3.8, 4) is 0 Å². The van der Waals surface area contributed by atoms with Crippen molar-refractivity contribution in [1.29, 1.82) is 0 Å². The molecule has 0 atom stereocenters. The minimum atomic E-state index is -0.0532. The molecule has 0 heterocycles. The number of hydrogen-bond donors (Lipinski definition) is 2. The van der Waals surface area contributed by atoms with Crippen LogP contribution in [-0.2, 0) is 6.54 Å². The zero-order valence-electron chi connectivity index (χ0n) is 11.2. The highest BCUT2D eigenvalue weighted by Crippen LogP contribution is 2.16. The Labute approximate surface area is 135 Å². The van der Waals surface area contributed by atoms with Gasteiger partial charge in [-0.15, -0.1) is 24.0 Å². The predicted octanol–water partition coefficient (Wildman–Crippen LogP) is 3.58. The molecule has 102 valence electrons. The lowest BCUT2D eigenvalue weighted by atomic mass is 10.1. The lowest BCUT2D eigenvalue weighted by molar-refractivity contribution is 0.508. The predicted molar refractivity (Wildman–Crippen MR) is 92.5 cm³/mol. The van der Waals surface area contributed by atoms with Crippen LogP contribution in [0.3, 0.4) is 0 Å². The zero-order chi connectivity index (χ0) is 13.1. The summed E-state index contributed by atoms with van der Waals surface area (Å²) in [6.45, 7) is 8.85. The Balaban J connectivity index is 0.00000289. The van der Waals surface area contributed by atoms with Crippen molar-refractivity contribution in [2.24, 2.45) is 10.7 Å². The summed E-state index contributed by atoms with van der Waals surface area (Å²) in [5.74, 6) is 0.486. The van der Waals surface area contributed by atoms with Crippen LogP contribution in [0.2, 0.25) is 0 Å². The number of aliphatic imine (C=N–C) groups is 1. The van der Waals surface area contributed by atoms with Gasteiger partial charge in [0.05, 0.1) is 6.54 Å². The molecule has 0 bridgehead atoms. The fraction of sp³-hybridized carbons (Fsp3) is 0.462. The van der Waals surface area contributed by atoms with Crippen LogP contribution in [0, 0.1) is 6.92 Å². The number of halogens is 2. The van der Waals surface area contributed by atoms with Gasteiger partial charge in [-0.2, -0.15) is 0 Å². The maximum atomic E-state index is 5.82. The van der Waals surface area contributed by atoms with Crippen LogP contribution in [0.4, 0.5) is 0 Å². The summed E-state index contributed by atoms with van der Waals surface area (Å²) in [5.41, 5.74) is 8.17. The molecule has 3 N–H and O–H groups in total. The minimum absolute atomic E-state index is 0. The minimum Gasteiger partial charge on any atom is -0.370 e. The third-order valence-corrected chi connectivity index (χ3v) is 2.72. The van der Waals surface area contributed by atoms with Crippen LogP contribution in [0.25, 0.3) is 0 Å². The average Bonchev–Trinajstić information content (AvgIpc) is 2.13. The molecule has 0 amide bonds. The number of nitrogens with two attached hydrogens (primary N) is 1. The van der Waals surface area contributed by atoms with E-state index in [-0.39, 0.29) is 29.5 Å². The van der Waals surface area contributed by atoms with E-state index >= 15 is 0 Å². The maximum Gasteiger partial charge on any atom is 0.189 e. The standard InChI is InChI=1S/C13H20BrN3.HI/c1-9-7-11(14)6-5-10(9)8-16-12(15)17-13(2,3)4;/h5-7H,8H2,1-4H3,(H3,15,16,17);1H. The molecule has 0 radical (unpaired) electrons. The van der Waals surface area contributed by atoms with Gasteiger partial charge in [0.25, 0.3) is 0 Å². The van der Waals surface area contributed by atoms with E-state index in [1.807, 2.05) is 6.07 Å². The summed E-state index contributed by atoms with van der Waals surface area (Å²) < 4.78 is 1.09. The molecule has 0 aromatic heterocycles. The van der Waals surface area contributed by atoms with Crippen LogP contribution in [0.15, 0.2) is 27.7 Å². The second kappa shape index (κ2) is 7.33. The van der Waals surface area contributed by atoms with Crippen molar-refractivity contribution in [1.82, 2.24) is 5.32 Å². The van der Waals surface area contributed by atoms with Crippen LogP contribution >= 0.6 is 39.9 Å². The first-order chi connectivity index (χ1) is 7.78. The highest BCUT2D eigenvalue weighted by atomic mass is 127. The maximum absolute atomic E-state index is 5.82. The summed E-state index contributed by atoms with van der Waals surface area (Å²) in [6, 6.07) is 6.16. The molecule has 0 unspecified atom stereocenters. The molecule has 18 heavy (non-hydrogen) atoms. The summed E-state index contributed by atoms with van der Waals surface area (Å²) in [4.78, 5) is 4.34. The number of aryl methyl sites for hydroxylation is 1. The topological polar surface area (TPSA) is 50.4 Å². The van der Waals surface area contributed by atoms with Crippen molar-refractivity contribution in [3.05, 3.63) is 33.8 Å². The quantitative estimate of drug-likeness (QED) is 0.432. The number of rotatable bonds is 2. The Bertz CT molecular complexity index is 425. The Hall–Kier alpha value is -0.300. The van der Waals surface area contributed by atoms with Crippen LogP contribution in [-0.4, -0.2) is 11.5 Å². The van der Waals surface area contributed by atoms with Gasteiger partial charge < -0.3 is 11.1 Å². The first-order valence-electron chi connectivity index (χ1n) is 5.61. The summed E-state index contributed by atoms with van der Waals surface area (Å²) in [5, 5.41) is 3.14. The second-order valence-corrected chi connectivity index (χ2v) is 6.06. The van der Waals surface area contributed by atoms with Crippen molar-refractivity contribution in [2.45, 2.75) is 39.8 Å². The van der Waals surface area contributed by atoms with E-state index in [1.165, 1.54) is 11.1 Å². The third-order valence-electron chi connectivity index (χ3n) is 2.23. The summed E-state index contributed by atoms with van der Waals surface area (Å²) >= 11 is 3.44. The normalized spacial score (nSPS) is 11.9. The zero-order valence-corrected chi connectivity index (χ0v) is 15.2. The van der Waals surface area contributed by atoms with E-state index in [4.69, 9.17) is 5.73 Å². The molecule has 1 aromatic rings. The van der Waals surface area contributed by atoms with E-state index < -0.39 is 0 Å². The molecule has 1 aromatic carbocycles. The van der Waals surface area contributed by atoms with Crippen LogP contribution < -0.4 is 11.1 Å². The smallest absolute Gasteiger partial charge is 0.189 e. The van der Waals surface area contributed by atoms with Gasteiger partial charge in [0.2, 0.25) is 0 Å². The number of nitrogens with one attached hydrogen (secondary N) is 1. The van der Waals surface area contributed by atoms with Crippen molar-refractivity contribution in [3.63, 3.8) is 0 Å². The van der Waals surface area contributed by atoms with Crippen LogP contribution in [0.5, 0.6) is 0 Å². The number of hydrogen-bond acceptors (Lipinski definition) is 1. The first-order valence-corrected chi connectivity index (χ1v) is 6.40. The van der Waals surface area contributed by atoms with E-state index in [0.717, 1.165) is 4.47 Å². The lowest BCUT2D eigenvalue weighted by Crippen LogP contribution is -2.44. The number of benzene rings is 1. The molecule has 5 heteroatoms. The van der Waals surface area contributed by atoms with Crippen LogP contribution in [0.1, 0.15) is 31.9 Å². The van der Waals surface area contributed by atoms with Gasteiger partial charge in [-0.25, -0.2) is 4.99 Å². The van der Waals surface area contributed by atoms with Gasteiger partial charge in [0, 0.05) is 10.0 Å². The molecular weight excluding hydrogens is 405 g/mol. The Morgan fingerprint density at radius 2 is 2.00 bits per heavy atom.